The Labute approximate surface area is 160 Å². The lowest BCUT2D eigenvalue weighted by Gasteiger charge is -2.30. The monoisotopic (exact) mass is 419 g/mol. The van der Waals surface area contributed by atoms with Crippen LogP contribution < -0.4 is 5.32 Å². The average molecular weight is 420 g/mol. The fourth-order valence-electron chi connectivity index (χ4n) is 3.02. The first-order valence-electron chi connectivity index (χ1n) is 9.20. The topological polar surface area (TPSA) is 64.6 Å². The summed E-state index contributed by atoms with van der Waals surface area (Å²) < 4.78 is 11.0. The van der Waals surface area contributed by atoms with Crippen LogP contribution in [0.3, 0.4) is 0 Å². The molecule has 146 valence electrons. The number of alkyl carbamates (subject to hydrolysis) is 1. The first-order chi connectivity index (χ1) is 11.4. The van der Waals surface area contributed by atoms with E-state index in [1.807, 2.05) is 34.6 Å². The first kappa shape index (κ1) is 22.3. The molecule has 1 aliphatic heterocycles. The van der Waals surface area contributed by atoms with Crippen LogP contribution in [-0.2, 0) is 14.3 Å². The quantitative estimate of drug-likeness (QED) is 0.486. The average Bonchev–Trinajstić information content (AvgIpc) is 2.83. The Hall–Kier alpha value is -0.780. The predicted molar refractivity (Wildman–Crippen MR) is 103 cm³/mol. The lowest BCUT2D eigenvalue weighted by molar-refractivity contribution is -0.146. The highest BCUT2D eigenvalue weighted by atomic mass is 79.9. The van der Waals surface area contributed by atoms with Crippen molar-refractivity contribution < 1.29 is 19.1 Å². The predicted octanol–water partition coefficient (Wildman–Crippen LogP) is 4.52. The van der Waals surface area contributed by atoms with Crippen LogP contribution in [0.15, 0.2) is 0 Å². The molecule has 0 aromatic carbocycles. The van der Waals surface area contributed by atoms with E-state index in [4.69, 9.17) is 9.47 Å². The molecule has 1 saturated heterocycles. The van der Waals surface area contributed by atoms with Gasteiger partial charge in [0.15, 0.2) is 0 Å². The van der Waals surface area contributed by atoms with Crippen molar-refractivity contribution in [3.63, 3.8) is 0 Å². The number of ether oxygens (including phenoxy) is 2. The number of carbonyl (C=O) groups excluding carboxylic acids is 2. The zero-order chi connectivity index (χ0) is 19.4. The van der Waals surface area contributed by atoms with Crippen molar-refractivity contribution in [2.75, 3.05) is 5.33 Å². The summed E-state index contributed by atoms with van der Waals surface area (Å²) in [6.07, 6.45) is 0.626. The summed E-state index contributed by atoms with van der Waals surface area (Å²) in [5, 5.41) is 3.79. The molecule has 0 unspecified atom stereocenters. The second-order valence-electron chi connectivity index (χ2n) is 8.71. The fraction of sp³-hybridized carbons (Fsp3) is 0.895. The van der Waals surface area contributed by atoms with Crippen LogP contribution >= 0.6 is 15.9 Å². The molecule has 0 radical (unpaired) electrons. The number of esters is 1. The molecule has 1 heterocycles. The van der Waals surface area contributed by atoms with Crippen molar-refractivity contribution in [2.24, 2.45) is 23.7 Å². The molecule has 0 aromatic rings. The molecule has 1 rings (SSSR count). The van der Waals surface area contributed by atoms with Gasteiger partial charge in [-0.15, -0.1) is 0 Å². The molecule has 0 bridgehead atoms. The van der Waals surface area contributed by atoms with E-state index < -0.39 is 11.7 Å². The van der Waals surface area contributed by atoms with E-state index in [1.165, 1.54) is 0 Å². The summed E-state index contributed by atoms with van der Waals surface area (Å²) in [5.74, 6) is 0.805. The summed E-state index contributed by atoms with van der Waals surface area (Å²) in [6, 6.07) is -0.243. The Kier molecular flexibility index (Phi) is 8.23. The number of carbonyl (C=O) groups is 2. The molecule has 25 heavy (non-hydrogen) atoms. The highest BCUT2D eigenvalue weighted by Gasteiger charge is 2.42. The lowest BCUT2D eigenvalue weighted by Crippen LogP contribution is -2.47. The summed E-state index contributed by atoms with van der Waals surface area (Å²) in [5.41, 5.74) is -0.561. The van der Waals surface area contributed by atoms with Crippen LogP contribution in [0.1, 0.15) is 61.3 Å². The molecule has 1 amide bonds. The van der Waals surface area contributed by atoms with E-state index in [0.29, 0.717) is 18.3 Å². The minimum Gasteiger partial charge on any atom is -0.460 e. The van der Waals surface area contributed by atoms with Crippen LogP contribution in [0.2, 0.25) is 0 Å². The molecule has 0 aliphatic carbocycles. The molecule has 5 nitrogen and oxygen atoms in total. The third kappa shape index (κ3) is 7.16. The maximum atomic E-state index is 12.3. The number of hydrogen-bond acceptors (Lipinski definition) is 4. The van der Waals surface area contributed by atoms with Gasteiger partial charge in [0.1, 0.15) is 11.7 Å². The molecular formula is C19H34BrNO4. The second kappa shape index (κ2) is 9.24. The Balaban J connectivity index is 2.88. The smallest absolute Gasteiger partial charge is 0.408 e. The van der Waals surface area contributed by atoms with Crippen LogP contribution in [0.5, 0.6) is 0 Å². The van der Waals surface area contributed by atoms with Gasteiger partial charge < -0.3 is 14.8 Å². The van der Waals surface area contributed by atoms with E-state index in [1.54, 1.807) is 0 Å². The van der Waals surface area contributed by atoms with E-state index in [0.717, 1.165) is 11.8 Å². The largest absolute Gasteiger partial charge is 0.460 e. The molecular weight excluding hydrogens is 386 g/mol. The highest BCUT2D eigenvalue weighted by molar-refractivity contribution is 9.09. The van der Waals surface area contributed by atoms with Crippen molar-refractivity contribution in [1.29, 1.82) is 0 Å². The molecule has 1 N–H and O–H groups in total. The molecule has 0 spiro atoms. The van der Waals surface area contributed by atoms with Crippen LogP contribution in [0, 0.1) is 23.7 Å². The van der Waals surface area contributed by atoms with Crippen LogP contribution in [-0.4, -0.2) is 35.1 Å². The fourth-order valence-corrected chi connectivity index (χ4v) is 4.04. The summed E-state index contributed by atoms with van der Waals surface area (Å²) >= 11 is 3.56. The number of halogens is 1. The van der Waals surface area contributed by atoms with Crippen molar-refractivity contribution in [3.8, 4) is 0 Å². The second-order valence-corrected chi connectivity index (χ2v) is 9.36. The molecule has 1 fully saturated rings. The Morgan fingerprint density at radius 2 is 1.92 bits per heavy atom. The summed E-state index contributed by atoms with van der Waals surface area (Å²) in [7, 11) is 0. The Morgan fingerprint density at radius 1 is 1.32 bits per heavy atom. The summed E-state index contributed by atoms with van der Waals surface area (Å²) in [6.45, 7) is 13.9. The van der Waals surface area contributed by atoms with Crippen molar-refractivity contribution >= 4 is 28.0 Å². The van der Waals surface area contributed by atoms with Gasteiger partial charge >= 0.3 is 12.1 Å². The van der Waals surface area contributed by atoms with Crippen molar-refractivity contribution in [3.05, 3.63) is 0 Å². The molecule has 1 aliphatic rings. The lowest BCUT2D eigenvalue weighted by atomic mass is 9.86. The minimum absolute atomic E-state index is 0.102. The maximum Gasteiger partial charge on any atom is 0.408 e. The SMILES string of the molecule is CC(C)[C@@H](CBr)C[C@H](NC(=O)OC(C)(C)C)[C@@H]1C[C@@H](C(C)C)C(=O)O1. The van der Waals surface area contributed by atoms with E-state index in [-0.39, 0.29) is 30.0 Å². The van der Waals surface area contributed by atoms with Gasteiger partial charge in [-0.1, -0.05) is 43.6 Å². The molecule has 6 heteroatoms. The third-order valence-corrected chi connectivity index (χ3v) is 5.54. The molecule has 0 saturated carbocycles. The van der Waals surface area contributed by atoms with Gasteiger partial charge in [-0.2, -0.15) is 0 Å². The van der Waals surface area contributed by atoms with Gasteiger partial charge in [-0.3, -0.25) is 4.79 Å². The normalized spacial score (nSPS) is 23.5. The van der Waals surface area contributed by atoms with E-state index >= 15 is 0 Å². The minimum atomic E-state index is -0.561. The number of cyclic esters (lactones) is 1. The zero-order valence-corrected chi connectivity index (χ0v) is 18.2. The van der Waals surface area contributed by atoms with Gasteiger partial charge in [0.2, 0.25) is 0 Å². The van der Waals surface area contributed by atoms with E-state index in [2.05, 4.69) is 35.1 Å². The van der Waals surface area contributed by atoms with Crippen molar-refractivity contribution in [1.82, 2.24) is 5.32 Å². The highest BCUT2D eigenvalue weighted by Crippen LogP contribution is 2.32. The van der Waals surface area contributed by atoms with Gasteiger partial charge in [0, 0.05) is 5.33 Å². The van der Waals surface area contributed by atoms with Gasteiger partial charge in [-0.25, -0.2) is 4.79 Å². The molecule has 0 aromatic heterocycles. The van der Waals surface area contributed by atoms with E-state index in [9.17, 15) is 9.59 Å². The Morgan fingerprint density at radius 3 is 2.32 bits per heavy atom. The number of nitrogens with one attached hydrogen (secondary N) is 1. The number of amides is 1. The summed E-state index contributed by atoms with van der Waals surface area (Å²) in [4.78, 5) is 24.4. The third-order valence-electron chi connectivity index (χ3n) is 4.71. The number of alkyl halides is 1. The van der Waals surface area contributed by atoms with Gasteiger partial charge in [-0.05, 0) is 51.4 Å². The first-order valence-corrected chi connectivity index (χ1v) is 10.3. The molecule has 4 atom stereocenters. The van der Waals surface area contributed by atoms with Crippen molar-refractivity contribution in [2.45, 2.75) is 79.1 Å². The number of rotatable bonds is 7. The maximum absolute atomic E-state index is 12.3. The Bertz CT molecular complexity index is 459. The van der Waals surface area contributed by atoms with Crippen LogP contribution in [0.25, 0.3) is 0 Å². The zero-order valence-electron chi connectivity index (χ0n) is 16.6. The van der Waals surface area contributed by atoms with Gasteiger partial charge in [0.25, 0.3) is 0 Å². The standard InChI is InChI=1S/C19H34BrNO4/c1-11(2)13(10-20)8-15(21-18(23)25-19(5,6)7)16-9-14(12(3)4)17(22)24-16/h11-16H,8-10H2,1-7H3,(H,21,23)/t13-,14+,15+,16+/m1/s1. The number of hydrogen-bond donors (Lipinski definition) is 1. The van der Waals surface area contributed by atoms with Crippen LogP contribution in [0.4, 0.5) is 4.79 Å². The van der Waals surface area contributed by atoms with Gasteiger partial charge in [0.05, 0.1) is 12.0 Å².